The van der Waals surface area contributed by atoms with Gasteiger partial charge >= 0.3 is 5.97 Å². The van der Waals surface area contributed by atoms with Crippen molar-refractivity contribution in [3.8, 4) is 0 Å². The molecule has 0 amide bonds. The van der Waals surface area contributed by atoms with Gasteiger partial charge in [-0.1, -0.05) is 0 Å². The Labute approximate surface area is 68.5 Å². The van der Waals surface area contributed by atoms with Gasteiger partial charge in [-0.3, -0.25) is 4.98 Å². The molecule has 0 saturated carbocycles. The Kier molecular flexibility index (Phi) is 2.48. The first-order chi connectivity index (χ1) is 5.24. The largest absolute Gasteiger partial charge is 0.478 e. The monoisotopic (exact) mass is 169 g/mol. The summed E-state index contributed by atoms with van der Waals surface area (Å²) in [6.07, 6.45) is 4.85. The predicted octanol–water partition coefficient (Wildman–Crippen LogP) is 1.50. The lowest BCUT2D eigenvalue weighted by Gasteiger charge is -1.95. The number of hydrogen-bond acceptors (Lipinski definition) is 3. The number of carboxylic acid groups (broad SMARTS) is 1. The minimum Gasteiger partial charge on any atom is -0.478 e. The molecule has 0 bridgehead atoms. The van der Waals surface area contributed by atoms with Crippen molar-refractivity contribution in [3.05, 3.63) is 24.0 Å². The number of pyridine rings is 1. The lowest BCUT2D eigenvalue weighted by Crippen LogP contribution is -1.96. The van der Waals surface area contributed by atoms with Crippen molar-refractivity contribution in [1.82, 2.24) is 4.98 Å². The summed E-state index contributed by atoms with van der Waals surface area (Å²) in [6.45, 7) is 0. The quantitative estimate of drug-likeness (QED) is 0.681. The minimum absolute atomic E-state index is 0.233. The van der Waals surface area contributed by atoms with E-state index in [0.717, 1.165) is 4.90 Å². The molecule has 0 spiro atoms. The lowest BCUT2D eigenvalue weighted by molar-refractivity contribution is 0.0696. The van der Waals surface area contributed by atoms with E-state index in [2.05, 4.69) is 4.98 Å². The summed E-state index contributed by atoms with van der Waals surface area (Å²) >= 11 is 1.47. The molecule has 3 nitrogen and oxygen atoms in total. The van der Waals surface area contributed by atoms with Gasteiger partial charge in [-0.05, 0) is 12.3 Å². The lowest BCUT2D eigenvalue weighted by atomic mass is 10.3. The molecule has 0 aliphatic carbocycles. The molecule has 4 heteroatoms. The molecule has 0 radical (unpaired) electrons. The van der Waals surface area contributed by atoms with Crippen molar-refractivity contribution in [2.24, 2.45) is 0 Å². The van der Waals surface area contributed by atoms with E-state index in [9.17, 15) is 4.79 Å². The van der Waals surface area contributed by atoms with Crippen LogP contribution in [0.2, 0.25) is 0 Å². The number of nitrogens with zero attached hydrogens (tertiary/aromatic N) is 1. The first-order valence-corrected chi connectivity index (χ1v) is 4.19. The maximum absolute atomic E-state index is 10.4. The second kappa shape index (κ2) is 3.39. The number of carboxylic acids is 1. The Morgan fingerprint density at radius 1 is 1.64 bits per heavy atom. The number of rotatable bonds is 2. The number of hydrogen-bond donors (Lipinski definition) is 1. The van der Waals surface area contributed by atoms with E-state index >= 15 is 0 Å². The second-order valence-corrected chi connectivity index (χ2v) is 2.80. The highest BCUT2D eigenvalue weighted by Crippen LogP contribution is 2.13. The second-order valence-electron chi connectivity index (χ2n) is 1.92. The van der Waals surface area contributed by atoms with Crippen molar-refractivity contribution in [2.75, 3.05) is 6.26 Å². The molecule has 0 aliphatic heterocycles. The van der Waals surface area contributed by atoms with Gasteiger partial charge in [-0.15, -0.1) is 11.8 Å². The van der Waals surface area contributed by atoms with Gasteiger partial charge in [0.2, 0.25) is 0 Å². The fraction of sp³-hybridized carbons (Fsp3) is 0.143. The zero-order valence-electron chi connectivity index (χ0n) is 5.94. The highest BCUT2D eigenvalue weighted by atomic mass is 32.2. The van der Waals surface area contributed by atoms with Crippen LogP contribution in [0, 0.1) is 0 Å². The zero-order valence-corrected chi connectivity index (χ0v) is 6.76. The number of aromatic nitrogens is 1. The molecule has 0 unspecified atom stereocenters. The molecule has 1 N–H and O–H groups in total. The highest BCUT2D eigenvalue weighted by Gasteiger charge is 2.02. The van der Waals surface area contributed by atoms with Gasteiger partial charge in [0.25, 0.3) is 0 Å². The van der Waals surface area contributed by atoms with Crippen LogP contribution < -0.4 is 0 Å². The van der Waals surface area contributed by atoms with E-state index in [0.29, 0.717) is 0 Å². The smallest absolute Gasteiger partial charge is 0.337 e. The van der Waals surface area contributed by atoms with Crippen LogP contribution in [0.3, 0.4) is 0 Å². The predicted molar refractivity (Wildman–Crippen MR) is 43.0 cm³/mol. The Balaban J connectivity index is 3.01. The molecule has 1 aromatic heterocycles. The molecule has 0 atom stereocenters. The van der Waals surface area contributed by atoms with Gasteiger partial charge in [0.15, 0.2) is 0 Å². The van der Waals surface area contributed by atoms with Gasteiger partial charge in [0.05, 0.1) is 5.56 Å². The van der Waals surface area contributed by atoms with E-state index in [-0.39, 0.29) is 5.56 Å². The third-order valence-corrected chi connectivity index (χ3v) is 1.89. The van der Waals surface area contributed by atoms with Crippen molar-refractivity contribution >= 4 is 17.7 Å². The maximum Gasteiger partial charge on any atom is 0.337 e. The summed E-state index contributed by atoms with van der Waals surface area (Å²) < 4.78 is 0. The number of carbonyl (C=O) groups is 1. The van der Waals surface area contributed by atoms with Crippen LogP contribution in [0.25, 0.3) is 0 Å². The molecule has 0 fully saturated rings. The van der Waals surface area contributed by atoms with Crippen LogP contribution in [0.4, 0.5) is 0 Å². The Bertz CT molecular complexity index is 275. The molecule has 1 heterocycles. The molecule has 0 aliphatic rings. The van der Waals surface area contributed by atoms with Crippen LogP contribution in [0.1, 0.15) is 10.4 Å². The van der Waals surface area contributed by atoms with Gasteiger partial charge in [-0.25, -0.2) is 4.79 Å². The van der Waals surface area contributed by atoms with Crippen LogP contribution in [-0.2, 0) is 0 Å². The maximum atomic E-state index is 10.4. The van der Waals surface area contributed by atoms with Crippen LogP contribution >= 0.6 is 11.8 Å². The summed E-state index contributed by atoms with van der Waals surface area (Å²) in [7, 11) is 0. The van der Waals surface area contributed by atoms with Crippen molar-refractivity contribution in [3.63, 3.8) is 0 Å². The van der Waals surface area contributed by atoms with E-state index in [1.165, 1.54) is 18.0 Å². The standard InChI is InChI=1S/C7H7NO2S/c1-11-6-2-5(7(9)10)3-8-4-6/h2-4H,1H3,(H,9,10). The minimum atomic E-state index is -0.937. The van der Waals surface area contributed by atoms with Gasteiger partial charge < -0.3 is 5.11 Å². The fourth-order valence-electron chi connectivity index (χ4n) is 0.647. The third kappa shape index (κ3) is 1.94. The zero-order chi connectivity index (χ0) is 8.27. The Hall–Kier alpha value is -1.03. The average Bonchev–Trinajstić information content (AvgIpc) is 2.05. The highest BCUT2D eigenvalue weighted by molar-refractivity contribution is 7.98. The summed E-state index contributed by atoms with van der Waals surface area (Å²) in [5, 5.41) is 8.56. The van der Waals surface area contributed by atoms with Crippen LogP contribution in [0.5, 0.6) is 0 Å². The normalized spacial score (nSPS) is 9.55. The van der Waals surface area contributed by atoms with Gasteiger partial charge in [0, 0.05) is 17.3 Å². The van der Waals surface area contributed by atoms with Crippen molar-refractivity contribution in [2.45, 2.75) is 4.90 Å². The number of aromatic carboxylic acids is 1. The molecular weight excluding hydrogens is 162 g/mol. The van der Waals surface area contributed by atoms with E-state index in [4.69, 9.17) is 5.11 Å². The SMILES string of the molecule is CSc1cncc(C(=O)O)c1. The van der Waals surface area contributed by atoms with Crippen molar-refractivity contribution < 1.29 is 9.90 Å². The third-order valence-electron chi connectivity index (χ3n) is 1.20. The van der Waals surface area contributed by atoms with E-state index in [1.807, 2.05) is 6.26 Å². The molecule has 1 aromatic rings. The topological polar surface area (TPSA) is 50.2 Å². The van der Waals surface area contributed by atoms with Crippen molar-refractivity contribution in [1.29, 1.82) is 0 Å². The summed E-state index contributed by atoms with van der Waals surface area (Å²) in [6, 6.07) is 1.60. The van der Waals surface area contributed by atoms with E-state index in [1.54, 1.807) is 12.3 Å². The fourth-order valence-corrected chi connectivity index (χ4v) is 1.06. The molecule has 0 saturated heterocycles. The Morgan fingerprint density at radius 3 is 2.91 bits per heavy atom. The molecule has 1 rings (SSSR count). The first-order valence-electron chi connectivity index (χ1n) is 2.96. The summed E-state index contributed by atoms with van der Waals surface area (Å²) in [5.41, 5.74) is 0.233. The molecule has 0 aromatic carbocycles. The van der Waals surface area contributed by atoms with Crippen LogP contribution in [0.15, 0.2) is 23.4 Å². The number of thioether (sulfide) groups is 1. The molecular formula is C7H7NO2S. The molecule has 58 valence electrons. The summed E-state index contributed by atoms with van der Waals surface area (Å²) in [4.78, 5) is 15.1. The Morgan fingerprint density at radius 2 is 2.36 bits per heavy atom. The van der Waals surface area contributed by atoms with E-state index < -0.39 is 5.97 Å². The van der Waals surface area contributed by atoms with Crippen LogP contribution in [-0.4, -0.2) is 22.3 Å². The van der Waals surface area contributed by atoms with Gasteiger partial charge in [-0.2, -0.15) is 0 Å². The van der Waals surface area contributed by atoms with Gasteiger partial charge in [0.1, 0.15) is 0 Å². The first kappa shape index (κ1) is 8.07. The summed E-state index contributed by atoms with van der Waals surface area (Å²) in [5.74, 6) is -0.937. The average molecular weight is 169 g/mol. The molecule has 11 heavy (non-hydrogen) atoms.